The number of aromatic nitrogens is 4. The van der Waals surface area contributed by atoms with Crippen molar-refractivity contribution in [2.24, 2.45) is 7.05 Å². The van der Waals surface area contributed by atoms with E-state index in [4.69, 9.17) is 4.74 Å². The number of anilines is 1. The van der Waals surface area contributed by atoms with Gasteiger partial charge in [0.15, 0.2) is 5.69 Å². The first-order valence-electron chi connectivity index (χ1n) is 7.80. The van der Waals surface area contributed by atoms with Crippen molar-refractivity contribution >= 4 is 33.6 Å². The summed E-state index contributed by atoms with van der Waals surface area (Å²) >= 11 is 2.86. The van der Waals surface area contributed by atoms with Gasteiger partial charge in [0.2, 0.25) is 5.91 Å². The number of nitrogens with one attached hydrogen (secondary N) is 1. The fourth-order valence-corrected chi connectivity index (χ4v) is 2.82. The molecule has 1 N–H and O–H groups in total. The van der Waals surface area contributed by atoms with Crippen LogP contribution >= 0.6 is 15.9 Å². The van der Waals surface area contributed by atoms with E-state index in [-0.39, 0.29) is 28.2 Å². The number of nitrogens with zero attached hydrogens (tertiary/aromatic N) is 4. The van der Waals surface area contributed by atoms with Crippen molar-refractivity contribution in [3.8, 4) is 0 Å². The zero-order valence-corrected chi connectivity index (χ0v) is 16.5. The number of esters is 1. The molecule has 148 valence electrons. The Labute approximate surface area is 160 Å². The molecule has 2 aromatic heterocycles. The molecule has 12 heteroatoms. The van der Waals surface area contributed by atoms with Crippen LogP contribution in [0.3, 0.4) is 0 Å². The van der Waals surface area contributed by atoms with Crippen molar-refractivity contribution in [3.05, 3.63) is 27.6 Å². The zero-order valence-electron chi connectivity index (χ0n) is 14.9. The molecule has 27 heavy (non-hydrogen) atoms. The Bertz CT molecular complexity index is 875. The molecule has 1 amide bonds. The van der Waals surface area contributed by atoms with Gasteiger partial charge in [-0.15, -0.1) is 0 Å². The van der Waals surface area contributed by atoms with Gasteiger partial charge in [-0.3, -0.25) is 14.2 Å². The molecule has 0 saturated carbocycles. The molecule has 0 aliphatic carbocycles. The van der Waals surface area contributed by atoms with Gasteiger partial charge in [-0.25, -0.2) is 4.79 Å². The predicted molar refractivity (Wildman–Crippen MR) is 92.2 cm³/mol. The van der Waals surface area contributed by atoms with Crippen molar-refractivity contribution < 1.29 is 27.5 Å². The zero-order chi connectivity index (χ0) is 20.5. The molecule has 2 heterocycles. The minimum absolute atomic E-state index is 0.0363. The van der Waals surface area contributed by atoms with Gasteiger partial charge in [-0.05, 0) is 36.7 Å². The predicted octanol–water partition coefficient (Wildman–Crippen LogP) is 3.08. The van der Waals surface area contributed by atoms with E-state index in [1.165, 1.54) is 31.8 Å². The summed E-state index contributed by atoms with van der Waals surface area (Å²) in [6.07, 6.45) is -3.43. The van der Waals surface area contributed by atoms with E-state index < -0.39 is 29.8 Å². The lowest BCUT2D eigenvalue weighted by Gasteiger charge is -2.15. The molecule has 0 saturated heterocycles. The second-order valence-corrected chi connectivity index (χ2v) is 6.40. The summed E-state index contributed by atoms with van der Waals surface area (Å²) in [5.41, 5.74) is -0.942. The molecule has 0 radical (unpaired) electrons. The second-order valence-electron chi connectivity index (χ2n) is 5.61. The third-order valence-electron chi connectivity index (χ3n) is 3.77. The van der Waals surface area contributed by atoms with Crippen LogP contribution in [0.25, 0.3) is 0 Å². The molecule has 0 aromatic carbocycles. The molecular weight excluding hydrogens is 435 g/mol. The van der Waals surface area contributed by atoms with E-state index in [1.807, 2.05) is 0 Å². The van der Waals surface area contributed by atoms with E-state index in [1.54, 1.807) is 6.92 Å². The monoisotopic (exact) mass is 451 g/mol. The maximum atomic E-state index is 13.0. The van der Waals surface area contributed by atoms with Crippen LogP contribution in [-0.2, 0) is 22.8 Å². The SMILES string of the molecule is CCOC(=O)c1cnn(C)c1NC(=O)C(C)n1nc(C(F)(F)F)c(Br)c1C. The quantitative estimate of drug-likeness (QED) is 0.705. The van der Waals surface area contributed by atoms with Gasteiger partial charge in [0.1, 0.15) is 17.4 Å². The molecule has 0 fully saturated rings. The molecule has 2 rings (SSSR count). The van der Waals surface area contributed by atoms with Gasteiger partial charge < -0.3 is 10.1 Å². The fraction of sp³-hybridized carbons (Fsp3) is 0.467. The Kier molecular flexibility index (Phi) is 5.97. The lowest BCUT2D eigenvalue weighted by atomic mass is 10.2. The van der Waals surface area contributed by atoms with Crippen LogP contribution in [-0.4, -0.2) is 38.0 Å². The van der Waals surface area contributed by atoms with Crippen LogP contribution in [0.15, 0.2) is 10.7 Å². The number of hydrogen-bond donors (Lipinski definition) is 1. The number of halogens is 4. The number of hydrogen-bond acceptors (Lipinski definition) is 5. The maximum Gasteiger partial charge on any atom is 0.436 e. The first kappa shape index (κ1) is 20.9. The van der Waals surface area contributed by atoms with Gasteiger partial charge >= 0.3 is 12.1 Å². The normalized spacial score (nSPS) is 12.7. The van der Waals surface area contributed by atoms with Crippen LogP contribution in [0, 0.1) is 6.92 Å². The molecule has 0 aliphatic rings. The van der Waals surface area contributed by atoms with Crippen LogP contribution in [0.5, 0.6) is 0 Å². The molecule has 8 nitrogen and oxygen atoms in total. The third-order valence-corrected chi connectivity index (χ3v) is 4.72. The minimum Gasteiger partial charge on any atom is -0.462 e. The Hall–Kier alpha value is -2.37. The topological polar surface area (TPSA) is 91.0 Å². The van der Waals surface area contributed by atoms with E-state index >= 15 is 0 Å². The lowest BCUT2D eigenvalue weighted by Crippen LogP contribution is -2.27. The third kappa shape index (κ3) is 4.15. The summed E-state index contributed by atoms with van der Waals surface area (Å²) in [5.74, 6) is -1.27. The largest absolute Gasteiger partial charge is 0.462 e. The van der Waals surface area contributed by atoms with Gasteiger partial charge in [0.25, 0.3) is 0 Å². The van der Waals surface area contributed by atoms with E-state index in [0.29, 0.717) is 0 Å². The van der Waals surface area contributed by atoms with Crippen molar-refractivity contribution in [1.29, 1.82) is 0 Å². The highest BCUT2D eigenvalue weighted by molar-refractivity contribution is 9.10. The van der Waals surface area contributed by atoms with Crippen molar-refractivity contribution in [2.45, 2.75) is 33.0 Å². The van der Waals surface area contributed by atoms with Gasteiger partial charge in [-0.2, -0.15) is 23.4 Å². The molecule has 2 aromatic rings. The number of aryl methyl sites for hydroxylation is 1. The highest BCUT2D eigenvalue weighted by Gasteiger charge is 2.39. The Balaban J connectivity index is 2.30. The Morgan fingerprint density at radius 2 is 2.04 bits per heavy atom. The molecule has 0 bridgehead atoms. The lowest BCUT2D eigenvalue weighted by molar-refractivity contribution is -0.142. The van der Waals surface area contributed by atoms with Gasteiger partial charge in [0.05, 0.1) is 23.0 Å². The fourth-order valence-electron chi connectivity index (χ4n) is 2.33. The summed E-state index contributed by atoms with van der Waals surface area (Å²) in [4.78, 5) is 24.5. The highest BCUT2D eigenvalue weighted by atomic mass is 79.9. The summed E-state index contributed by atoms with van der Waals surface area (Å²) in [6, 6.07) is -1.08. The van der Waals surface area contributed by atoms with Crippen molar-refractivity contribution in [2.75, 3.05) is 11.9 Å². The number of rotatable bonds is 5. The number of carbonyl (C=O) groups is 2. The van der Waals surface area contributed by atoms with E-state index in [2.05, 4.69) is 31.4 Å². The molecule has 1 atom stereocenters. The number of ether oxygens (including phenoxy) is 1. The Morgan fingerprint density at radius 1 is 1.41 bits per heavy atom. The van der Waals surface area contributed by atoms with Crippen molar-refractivity contribution in [3.63, 3.8) is 0 Å². The van der Waals surface area contributed by atoms with Crippen LogP contribution in [0.4, 0.5) is 19.0 Å². The van der Waals surface area contributed by atoms with E-state index in [0.717, 1.165) is 4.68 Å². The number of amides is 1. The van der Waals surface area contributed by atoms with E-state index in [9.17, 15) is 22.8 Å². The number of alkyl halides is 3. The van der Waals surface area contributed by atoms with Crippen LogP contribution in [0.2, 0.25) is 0 Å². The standard InChI is InChI=1S/C15H17BrF3N5O3/c1-5-27-14(26)9-6-20-23(4)12(9)21-13(25)8(3)24-7(2)10(16)11(22-24)15(17,18)19/h6,8H,5H2,1-4H3,(H,21,25). The molecule has 0 spiro atoms. The van der Waals surface area contributed by atoms with Crippen LogP contribution < -0.4 is 5.32 Å². The average Bonchev–Trinajstić information content (AvgIpc) is 3.08. The van der Waals surface area contributed by atoms with Crippen LogP contribution in [0.1, 0.15) is 41.6 Å². The smallest absolute Gasteiger partial charge is 0.436 e. The highest BCUT2D eigenvalue weighted by Crippen LogP contribution is 2.36. The summed E-state index contributed by atoms with van der Waals surface area (Å²) in [5, 5.41) is 9.90. The minimum atomic E-state index is -4.66. The van der Waals surface area contributed by atoms with Crippen molar-refractivity contribution in [1.82, 2.24) is 19.6 Å². The maximum absolute atomic E-state index is 13.0. The summed E-state index contributed by atoms with van der Waals surface area (Å²) in [7, 11) is 1.50. The number of carbonyl (C=O) groups excluding carboxylic acids is 2. The molecule has 0 aliphatic heterocycles. The molecular formula is C15H17BrF3N5O3. The summed E-state index contributed by atoms with van der Waals surface area (Å²) < 4.78 is 45.9. The first-order chi connectivity index (χ1) is 12.5. The van der Waals surface area contributed by atoms with Gasteiger partial charge in [-0.1, -0.05) is 0 Å². The average molecular weight is 452 g/mol. The Morgan fingerprint density at radius 3 is 2.56 bits per heavy atom. The second kappa shape index (κ2) is 7.71. The summed E-state index contributed by atoms with van der Waals surface area (Å²) in [6.45, 7) is 4.57. The molecule has 1 unspecified atom stereocenters. The first-order valence-corrected chi connectivity index (χ1v) is 8.60. The van der Waals surface area contributed by atoms with Gasteiger partial charge in [0, 0.05) is 7.05 Å².